The maximum Gasteiger partial charge on any atom is 0.232 e. The summed E-state index contributed by atoms with van der Waals surface area (Å²) in [5.74, 6) is 2.36. The summed E-state index contributed by atoms with van der Waals surface area (Å²) in [6, 6.07) is 7.24. The fraction of sp³-hybridized carbons (Fsp3) is 0.308. The summed E-state index contributed by atoms with van der Waals surface area (Å²) in [5, 5.41) is 3.95. The highest BCUT2D eigenvalue weighted by Crippen LogP contribution is 2.19. The number of benzene rings is 1. The van der Waals surface area contributed by atoms with E-state index >= 15 is 0 Å². The highest BCUT2D eigenvalue weighted by atomic mass is 35.5. The number of aromatic nitrogens is 1. The maximum absolute atomic E-state index is 5.80. The summed E-state index contributed by atoms with van der Waals surface area (Å²) in [4.78, 5) is 4.40. The van der Waals surface area contributed by atoms with Crippen molar-refractivity contribution in [3.05, 3.63) is 46.6 Å². The van der Waals surface area contributed by atoms with E-state index in [9.17, 15) is 0 Å². The zero-order chi connectivity index (χ0) is 12.4. The Labute approximate surface area is 110 Å². The summed E-state index contributed by atoms with van der Waals surface area (Å²) in [6.45, 7) is 2.06. The van der Waals surface area contributed by atoms with Crippen LogP contribution >= 0.6 is 11.6 Å². The van der Waals surface area contributed by atoms with Crippen molar-refractivity contribution in [3.63, 3.8) is 0 Å². The molecule has 0 fully saturated rings. The Bertz CT molecular complexity index is 513. The molecule has 1 N–H and O–H groups in total. The lowest BCUT2D eigenvalue weighted by Crippen LogP contribution is -2.22. The van der Waals surface area contributed by atoms with Crippen molar-refractivity contribution < 1.29 is 9.15 Å². The molecule has 0 unspecified atom stereocenters. The molecule has 4 nitrogen and oxygen atoms in total. The maximum atomic E-state index is 5.80. The largest absolute Gasteiger partial charge is 0.484 e. The van der Waals surface area contributed by atoms with E-state index in [-0.39, 0.29) is 0 Å². The first-order chi connectivity index (χ1) is 8.81. The van der Waals surface area contributed by atoms with Gasteiger partial charge < -0.3 is 14.5 Å². The summed E-state index contributed by atoms with van der Waals surface area (Å²) < 4.78 is 11.2. The molecule has 0 amide bonds. The van der Waals surface area contributed by atoms with Gasteiger partial charge in [-0.3, -0.25) is 0 Å². The van der Waals surface area contributed by atoms with E-state index in [0.717, 1.165) is 36.7 Å². The zero-order valence-corrected chi connectivity index (χ0v) is 10.5. The predicted octanol–water partition coefficient (Wildman–Crippen LogP) is 2.55. The molecule has 1 aliphatic heterocycles. The molecule has 94 valence electrons. The molecule has 1 aromatic heterocycles. The number of ether oxygens (including phenoxy) is 1. The molecule has 2 heterocycles. The number of fused-ring (bicyclic) bond motifs is 1. The van der Waals surface area contributed by atoms with Crippen molar-refractivity contribution in [1.29, 1.82) is 0 Å². The number of nitrogens with one attached hydrogen (secondary N) is 1. The van der Waals surface area contributed by atoms with Crippen molar-refractivity contribution in [2.45, 2.75) is 19.6 Å². The molecule has 0 radical (unpaired) electrons. The van der Waals surface area contributed by atoms with Gasteiger partial charge in [-0.05, 0) is 24.3 Å². The first kappa shape index (κ1) is 11.6. The minimum Gasteiger partial charge on any atom is -0.484 e. The SMILES string of the molecule is Clc1ccc(OCc2nc3c(o2)CCNC3)cc1. The fourth-order valence-corrected chi connectivity index (χ4v) is 2.04. The van der Waals surface area contributed by atoms with Gasteiger partial charge in [0.05, 0.1) is 5.69 Å². The fourth-order valence-electron chi connectivity index (χ4n) is 1.92. The van der Waals surface area contributed by atoms with Gasteiger partial charge in [0.1, 0.15) is 11.5 Å². The summed E-state index contributed by atoms with van der Waals surface area (Å²) in [5.41, 5.74) is 0.996. The Morgan fingerprint density at radius 2 is 2.17 bits per heavy atom. The van der Waals surface area contributed by atoms with Gasteiger partial charge in [-0.25, -0.2) is 4.98 Å². The van der Waals surface area contributed by atoms with E-state index in [2.05, 4.69) is 10.3 Å². The molecule has 0 aliphatic carbocycles. The first-order valence-electron chi connectivity index (χ1n) is 5.88. The lowest BCUT2D eigenvalue weighted by Gasteiger charge is -2.08. The monoisotopic (exact) mass is 264 g/mol. The van der Waals surface area contributed by atoms with Gasteiger partial charge in [-0.1, -0.05) is 11.6 Å². The molecule has 0 saturated heterocycles. The van der Waals surface area contributed by atoms with E-state index in [1.54, 1.807) is 12.1 Å². The van der Waals surface area contributed by atoms with Gasteiger partial charge in [-0.15, -0.1) is 0 Å². The Kier molecular flexibility index (Phi) is 3.21. The average molecular weight is 265 g/mol. The van der Waals surface area contributed by atoms with Crippen LogP contribution in [0.15, 0.2) is 28.7 Å². The Morgan fingerprint density at radius 1 is 1.33 bits per heavy atom. The van der Waals surface area contributed by atoms with Crippen LogP contribution in [0.2, 0.25) is 5.02 Å². The molecule has 0 atom stereocenters. The van der Waals surface area contributed by atoms with Crippen LogP contribution in [0.4, 0.5) is 0 Å². The number of hydrogen-bond donors (Lipinski definition) is 1. The third-order valence-corrected chi connectivity index (χ3v) is 3.07. The molecule has 5 heteroatoms. The standard InChI is InChI=1S/C13H13ClN2O2/c14-9-1-3-10(4-2-9)17-8-13-16-11-7-15-6-5-12(11)18-13/h1-4,15H,5-8H2. The van der Waals surface area contributed by atoms with Crippen LogP contribution in [-0.4, -0.2) is 11.5 Å². The third-order valence-electron chi connectivity index (χ3n) is 2.82. The van der Waals surface area contributed by atoms with E-state index < -0.39 is 0 Å². The highest BCUT2D eigenvalue weighted by Gasteiger charge is 2.16. The number of hydrogen-bond acceptors (Lipinski definition) is 4. The van der Waals surface area contributed by atoms with Crippen molar-refractivity contribution in [3.8, 4) is 5.75 Å². The predicted molar refractivity (Wildman–Crippen MR) is 67.7 cm³/mol. The Balaban J connectivity index is 1.66. The van der Waals surface area contributed by atoms with E-state index in [0.29, 0.717) is 17.5 Å². The zero-order valence-electron chi connectivity index (χ0n) is 9.78. The molecule has 0 saturated carbocycles. The van der Waals surface area contributed by atoms with Gasteiger partial charge >= 0.3 is 0 Å². The molecule has 1 aliphatic rings. The Hall–Kier alpha value is -1.52. The number of nitrogens with zero attached hydrogens (tertiary/aromatic N) is 1. The van der Waals surface area contributed by atoms with Crippen LogP contribution in [0, 0.1) is 0 Å². The molecular weight excluding hydrogens is 252 g/mol. The van der Waals surface area contributed by atoms with Crippen LogP contribution in [0.25, 0.3) is 0 Å². The minimum atomic E-state index is 0.342. The van der Waals surface area contributed by atoms with Gasteiger partial charge in [0.15, 0.2) is 6.61 Å². The lowest BCUT2D eigenvalue weighted by atomic mass is 10.2. The summed E-state index contributed by atoms with van der Waals surface area (Å²) in [7, 11) is 0. The second kappa shape index (κ2) is 5.00. The number of oxazole rings is 1. The molecule has 1 aromatic carbocycles. The van der Waals surface area contributed by atoms with Crippen LogP contribution in [0.3, 0.4) is 0 Å². The quantitative estimate of drug-likeness (QED) is 0.926. The van der Waals surface area contributed by atoms with Gasteiger partial charge in [0, 0.05) is 24.5 Å². The van der Waals surface area contributed by atoms with Crippen LogP contribution in [0.1, 0.15) is 17.3 Å². The molecular formula is C13H13ClN2O2. The van der Waals surface area contributed by atoms with Gasteiger partial charge in [0.25, 0.3) is 0 Å². The number of halogens is 1. The molecule has 0 bridgehead atoms. The normalized spacial score (nSPS) is 14.3. The minimum absolute atomic E-state index is 0.342. The molecule has 3 rings (SSSR count). The molecule has 2 aromatic rings. The smallest absolute Gasteiger partial charge is 0.232 e. The molecule has 0 spiro atoms. The van der Waals surface area contributed by atoms with Gasteiger partial charge in [0.2, 0.25) is 5.89 Å². The second-order valence-corrected chi connectivity index (χ2v) is 4.58. The van der Waals surface area contributed by atoms with Crippen LogP contribution < -0.4 is 10.1 Å². The average Bonchev–Trinajstić information content (AvgIpc) is 2.81. The van der Waals surface area contributed by atoms with E-state index in [4.69, 9.17) is 20.8 Å². The lowest BCUT2D eigenvalue weighted by molar-refractivity contribution is 0.258. The van der Waals surface area contributed by atoms with Crippen molar-refractivity contribution in [1.82, 2.24) is 10.3 Å². The van der Waals surface area contributed by atoms with E-state index in [1.807, 2.05) is 12.1 Å². The number of rotatable bonds is 3. The van der Waals surface area contributed by atoms with E-state index in [1.165, 1.54) is 0 Å². The van der Waals surface area contributed by atoms with Crippen LogP contribution in [0.5, 0.6) is 5.75 Å². The third kappa shape index (κ3) is 2.49. The van der Waals surface area contributed by atoms with Crippen molar-refractivity contribution in [2.75, 3.05) is 6.54 Å². The topological polar surface area (TPSA) is 47.3 Å². The van der Waals surface area contributed by atoms with Crippen LogP contribution in [-0.2, 0) is 19.6 Å². The molecule has 18 heavy (non-hydrogen) atoms. The summed E-state index contributed by atoms with van der Waals surface area (Å²) in [6.07, 6.45) is 0.892. The Morgan fingerprint density at radius 3 is 2.94 bits per heavy atom. The van der Waals surface area contributed by atoms with Crippen molar-refractivity contribution in [2.24, 2.45) is 0 Å². The highest BCUT2D eigenvalue weighted by molar-refractivity contribution is 6.30. The van der Waals surface area contributed by atoms with Gasteiger partial charge in [-0.2, -0.15) is 0 Å². The summed E-state index contributed by atoms with van der Waals surface area (Å²) >= 11 is 5.80. The first-order valence-corrected chi connectivity index (χ1v) is 6.25. The van der Waals surface area contributed by atoms with Crippen molar-refractivity contribution >= 4 is 11.6 Å². The second-order valence-electron chi connectivity index (χ2n) is 4.15.